The molecule has 25 heavy (non-hydrogen) atoms. The van der Waals surface area contributed by atoms with Crippen LogP contribution in [-0.4, -0.2) is 25.0 Å². The van der Waals surface area contributed by atoms with Gasteiger partial charge >= 0.3 is 6.18 Å². The van der Waals surface area contributed by atoms with Crippen molar-refractivity contribution in [2.24, 2.45) is 16.5 Å². The van der Waals surface area contributed by atoms with E-state index in [1.807, 2.05) is 0 Å². The largest absolute Gasteiger partial charge is 0.490 e. The fourth-order valence-electron chi connectivity index (χ4n) is 2.86. The Bertz CT molecular complexity index is 698. The molecule has 0 radical (unpaired) electrons. The van der Waals surface area contributed by atoms with Crippen molar-refractivity contribution in [3.8, 4) is 5.75 Å². The highest BCUT2D eigenvalue weighted by Crippen LogP contribution is 2.39. The normalized spacial score (nSPS) is 24.6. The molecule has 0 saturated carbocycles. The van der Waals surface area contributed by atoms with Crippen LogP contribution in [0.15, 0.2) is 35.5 Å². The first kappa shape index (κ1) is 17.6. The summed E-state index contributed by atoms with van der Waals surface area (Å²) in [4.78, 5) is 4.01. The van der Waals surface area contributed by atoms with Gasteiger partial charge in [0.2, 0.25) is 5.79 Å². The van der Waals surface area contributed by atoms with Gasteiger partial charge in [-0.2, -0.15) is 13.2 Å². The molecule has 0 amide bonds. The molecule has 1 aromatic rings. The molecule has 1 saturated heterocycles. The number of aliphatic imine (C=N–C) groups is 1. The summed E-state index contributed by atoms with van der Waals surface area (Å²) in [6, 6.07) is 3.72. The van der Waals surface area contributed by atoms with Crippen LogP contribution in [0.5, 0.6) is 5.75 Å². The van der Waals surface area contributed by atoms with Crippen molar-refractivity contribution < 1.29 is 17.9 Å². The third kappa shape index (κ3) is 3.88. The number of piperidine rings is 1. The van der Waals surface area contributed by atoms with Crippen molar-refractivity contribution in [3.05, 3.63) is 41.6 Å². The topological polar surface area (TPSA) is 97.7 Å². The highest BCUT2D eigenvalue weighted by atomic mass is 19.4. The zero-order valence-electron chi connectivity index (χ0n) is 13.4. The van der Waals surface area contributed by atoms with Gasteiger partial charge in [0.1, 0.15) is 17.7 Å². The molecule has 0 spiro atoms. The first-order valence-electron chi connectivity index (χ1n) is 7.95. The van der Waals surface area contributed by atoms with Gasteiger partial charge in [-0.25, -0.2) is 4.99 Å². The fraction of sp³-hybridized carbons (Fsp3) is 0.438. The van der Waals surface area contributed by atoms with Crippen LogP contribution in [-0.2, 0) is 12.0 Å². The lowest BCUT2D eigenvalue weighted by molar-refractivity contribution is -0.139. The van der Waals surface area contributed by atoms with E-state index in [1.165, 1.54) is 24.4 Å². The minimum atomic E-state index is -4.58. The fourth-order valence-corrected chi connectivity index (χ4v) is 2.86. The zero-order chi connectivity index (χ0) is 18.1. The molecule has 2 aliphatic heterocycles. The van der Waals surface area contributed by atoms with Gasteiger partial charge in [0.05, 0.1) is 5.56 Å². The van der Waals surface area contributed by atoms with E-state index < -0.39 is 17.5 Å². The van der Waals surface area contributed by atoms with Crippen LogP contribution in [0.25, 0.3) is 0 Å². The molecule has 1 unspecified atom stereocenters. The molecule has 2 aliphatic rings. The number of alkyl halides is 3. The highest BCUT2D eigenvalue weighted by molar-refractivity contribution is 5.92. The predicted molar refractivity (Wildman–Crippen MR) is 87.7 cm³/mol. The predicted octanol–water partition coefficient (Wildman–Crippen LogP) is 1.38. The maximum atomic E-state index is 13.5. The van der Waals surface area contributed by atoms with Gasteiger partial charge in [-0.1, -0.05) is 0 Å². The van der Waals surface area contributed by atoms with Crippen molar-refractivity contribution in [2.45, 2.75) is 30.9 Å². The second-order valence-corrected chi connectivity index (χ2v) is 6.06. The van der Waals surface area contributed by atoms with Crippen LogP contribution in [0.4, 0.5) is 13.2 Å². The SMILES string of the molecule is NC1=NC(N)(c2ccc(OC3CCNCC3)c(C(F)(F)F)c2)NC=C1. The van der Waals surface area contributed by atoms with Gasteiger partial charge in [0, 0.05) is 11.8 Å². The van der Waals surface area contributed by atoms with Crippen LogP contribution in [0.1, 0.15) is 24.0 Å². The van der Waals surface area contributed by atoms with Crippen LogP contribution >= 0.6 is 0 Å². The van der Waals surface area contributed by atoms with E-state index in [1.54, 1.807) is 0 Å². The Hall–Kier alpha value is -2.26. The van der Waals surface area contributed by atoms with Crippen molar-refractivity contribution >= 4 is 5.84 Å². The van der Waals surface area contributed by atoms with Gasteiger partial charge < -0.3 is 21.1 Å². The maximum Gasteiger partial charge on any atom is 0.419 e. The van der Waals surface area contributed by atoms with E-state index in [0.717, 1.165) is 19.2 Å². The molecule has 6 N–H and O–H groups in total. The van der Waals surface area contributed by atoms with E-state index in [0.29, 0.717) is 12.8 Å². The molecule has 6 nitrogen and oxygen atoms in total. The molecule has 136 valence electrons. The molecule has 1 atom stereocenters. The molecule has 2 heterocycles. The summed E-state index contributed by atoms with van der Waals surface area (Å²) < 4.78 is 46.2. The number of benzene rings is 1. The lowest BCUT2D eigenvalue weighted by atomic mass is 10.0. The van der Waals surface area contributed by atoms with E-state index in [4.69, 9.17) is 16.2 Å². The quantitative estimate of drug-likeness (QED) is 0.657. The number of rotatable bonds is 3. The van der Waals surface area contributed by atoms with Crippen molar-refractivity contribution in [1.82, 2.24) is 10.6 Å². The molecule has 9 heteroatoms. The van der Waals surface area contributed by atoms with Gasteiger partial charge in [-0.05, 0) is 50.2 Å². The van der Waals surface area contributed by atoms with Crippen LogP contribution < -0.4 is 26.8 Å². The summed E-state index contributed by atoms with van der Waals surface area (Å²) in [6.45, 7) is 1.44. The number of hydrogen-bond donors (Lipinski definition) is 4. The molecule has 3 rings (SSSR count). The second-order valence-electron chi connectivity index (χ2n) is 6.06. The lowest BCUT2D eigenvalue weighted by Crippen LogP contribution is -2.49. The van der Waals surface area contributed by atoms with Gasteiger partial charge in [-0.15, -0.1) is 0 Å². The Kier molecular flexibility index (Phi) is 4.61. The summed E-state index contributed by atoms with van der Waals surface area (Å²) in [5, 5.41) is 5.88. The zero-order valence-corrected chi connectivity index (χ0v) is 13.4. The van der Waals surface area contributed by atoms with E-state index in [-0.39, 0.29) is 23.3 Å². The minimum absolute atomic E-state index is 0.129. The Labute approximate surface area is 143 Å². The number of hydrogen-bond acceptors (Lipinski definition) is 6. The summed E-state index contributed by atoms with van der Waals surface area (Å²) >= 11 is 0. The minimum Gasteiger partial charge on any atom is -0.490 e. The molecular weight excluding hydrogens is 335 g/mol. The lowest BCUT2D eigenvalue weighted by Gasteiger charge is -2.30. The molecule has 1 fully saturated rings. The third-order valence-electron chi connectivity index (χ3n) is 4.17. The average molecular weight is 355 g/mol. The molecule has 0 aliphatic carbocycles. The smallest absolute Gasteiger partial charge is 0.419 e. The standard InChI is InChI=1S/C16H20F3N5O/c17-15(18,19)12-9-10(16(21)23-8-5-14(20)24-16)1-2-13(12)25-11-3-6-22-7-4-11/h1-2,5,8-9,11,22-23H,3-4,6-7,21H2,(H2,20,24). The van der Waals surface area contributed by atoms with Crippen LogP contribution in [0.2, 0.25) is 0 Å². The summed E-state index contributed by atoms with van der Waals surface area (Å²) in [7, 11) is 0. The number of nitrogens with two attached hydrogens (primary N) is 2. The second kappa shape index (κ2) is 6.57. The Morgan fingerprint density at radius 3 is 2.60 bits per heavy atom. The number of ether oxygens (including phenoxy) is 1. The molecule has 1 aromatic carbocycles. The van der Waals surface area contributed by atoms with E-state index in [9.17, 15) is 13.2 Å². The van der Waals surface area contributed by atoms with Crippen LogP contribution in [0.3, 0.4) is 0 Å². The monoisotopic (exact) mass is 355 g/mol. The van der Waals surface area contributed by atoms with Crippen LogP contribution in [0, 0.1) is 0 Å². The number of nitrogens with one attached hydrogen (secondary N) is 2. The van der Waals surface area contributed by atoms with Crippen molar-refractivity contribution in [2.75, 3.05) is 13.1 Å². The maximum absolute atomic E-state index is 13.5. The highest BCUT2D eigenvalue weighted by Gasteiger charge is 2.38. The Morgan fingerprint density at radius 2 is 1.96 bits per heavy atom. The number of amidine groups is 1. The van der Waals surface area contributed by atoms with Crippen molar-refractivity contribution in [1.29, 1.82) is 0 Å². The summed E-state index contributed by atoms with van der Waals surface area (Å²) in [5.74, 6) is -1.62. The van der Waals surface area contributed by atoms with Crippen molar-refractivity contribution in [3.63, 3.8) is 0 Å². The number of nitrogens with zero attached hydrogens (tertiary/aromatic N) is 1. The van der Waals surface area contributed by atoms with E-state index >= 15 is 0 Å². The molecule has 0 aromatic heterocycles. The van der Waals surface area contributed by atoms with E-state index in [2.05, 4.69) is 15.6 Å². The first-order valence-corrected chi connectivity index (χ1v) is 7.95. The van der Waals surface area contributed by atoms with Gasteiger partial charge in [0.25, 0.3) is 0 Å². The number of halogens is 3. The van der Waals surface area contributed by atoms with Gasteiger partial charge in [-0.3, -0.25) is 5.73 Å². The Balaban J connectivity index is 1.94. The Morgan fingerprint density at radius 1 is 1.24 bits per heavy atom. The average Bonchev–Trinajstić information content (AvgIpc) is 2.55. The third-order valence-corrected chi connectivity index (χ3v) is 4.17. The molecular formula is C16H20F3N5O. The van der Waals surface area contributed by atoms with Gasteiger partial charge in [0.15, 0.2) is 0 Å². The molecule has 0 bridgehead atoms. The first-order chi connectivity index (χ1) is 11.8. The summed E-state index contributed by atoms with van der Waals surface area (Å²) in [6.07, 6.45) is -0.571. The summed E-state index contributed by atoms with van der Waals surface area (Å²) in [5.41, 5.74) is 11.0.